The molecule has 1 aliphatic carbocycles. The molecular weight excluding hydrogens is 688 g/mol. The third-order valence-electron chi connectivity index (χ3n) is 9.72. The molecule has 0 bridgehead atoms. The van der Waals surface area contributed by atoms with E-state index in [1.165, 1.54) is 0 Å². The Morgan fingerprint density at radius 1 is 0.685 bits per heavy atom. The number of fused-ring (bicyclic) bond motifs is 3. The molecule has 1 saturated heterocycles. The third kappa shape index (κ3) is 13.5. The molecule has 2 N–H and O–H groups in total. The number of carbonyl (C=O) groups excluding carboxylic acids is 3. The van der Waals surface area contributed by atoms with Gasteiger partial charge < -0.3 is 34.4 Å². The average Bonchev–Trinajstić information content (AvgIpc) is 3.46. The molecule has 298 valence electrons. The maximum atomic E-state index is 13.0. The third-order valence-corrected chi connectivity index (χ3v) is 9.72. The van der Waals surface area contributed by atoms with Crippen molar-refractivity contribution in [1.29, 1.82) is 0 Å². The zero-order valence-electron chi connectivity index (χ0n) is 33.2. The summed E-state index contributed by atoms with van der Waals surface area (Å²) in [5.41, 5.74) is 3.25. The summed E-state index contributed by atoms with van der Waals surface area (Å²) in [6.07, 6.45) is 5.56. The smallest absolute Gasteiger partial charge is 0.410 e. The van der Waals surface area contributed by atoms with Gasteiger partial charge >= 0.3 is 24.2 Å². The quantitative estimate of drug-likeness (QED) is 0.146. The minimum absolute atomic E-state index is 0.0890. The van der Waals surface area contributed by atoms with Crippen LogP contribution in [0.4, 0.5) is 14.4 Å². The lowest BCUT2D eigenvalue weighted by Gasteiger charge is -2.30. The van der Waals surface area contributed by atoms with Gasteiger partial charge in [-0.2, -0.15) is 0 Å². The molecule has 1 unspecified atom stereocenters. The Balaban J connectivity index is 1.14. The van der Waals surface area contributed by atoms with Gasteiger partial charge in [0.2, 0.25) is 0 Å². The molecule has 54 heavy (non-hydrogen) atoms. The van der Waals surface area contributed by atoms with E-state index in [1.54, 1.807) is 9.80 Å². The standard InChI is InChI=1S/C42H62N4O8/c1-41(2,3)53-39(50)45-26-24-44(25-27-46(29-28-45)40(51)54-42(4,5)6)23-17-11-9-7-8-10-12-22-36(37(47)48)43-38(49)52-30-35-33-20-15-13-18-31(33)32-19-14-16-21-34(32)35/h13-16,18-21,35-36H,7-12,17,22-30H2,1-6H3,(H,43,49)(H,47,48). The fourth-order valence-electron chi connectivity index (χ4n) is 6.95. The molecule has 3 amide bonds. The van der Waals surface area contributed by atoms with Crippen molar-refractivity contribution < 1.29 is 38.5 Å². The van der Waals surface area contributed by atoms with Crippen molar-refractivity contribution >= 4 is 24.2 Å². The van der Waals surface area contributed by atoms with Crippen LogP contribution >= 0.6 is 0 Å². The molecule has 2 aromatic rings. The number of carboxylic acid groups (broad SMARTS) is 1. The Kier molecular flexibility index (Phi) is 15.6. The van der Waals surface area contributed by atoms with Crippen LogP contribution in [0.1, 0.15) is 110 Å². The van der Waals surface area contributed by atoms with Gasteiger partial charge in [0.15, 0.2) is 0 Å². The number of unbranched alkanes of at least 4 members (excludes halogenated alkanes) is 6. The van der Waals surface area contributed by atoms with Gasteiger partial charge in [0.05, 0.1) is 0 Å². The number of hydrogen-bond donors (Lipinski definition) is 2. The molecule has 12 heteroatoms. The van der Waals surface area contributed by atoms with Gasteiger partial charge in [0, 0.05) is 45.2 Å². The first kappa shape index (κ1) is 42.4. The SMILES string of the molecule is CC(C)(C)OC(=O)N1CCN(CCCCCCCCCC(NC(=O)OCC2c3ccccc3-c3ccccc32)C(=O)O)CCN(C(=O)OC(C)(C)C)CC1. The molecule has 1 fully saturated rings. The molecule has 0 aromatic heterocycles. The van der Waals surface area contributed by atoms with E-state index in [1.807, 2.05) is 77.9 Å². The first-order chi connectivity index (χ1) is 25.6. The van der Waals surface area contributed by atoms with Gasteiger partial charge in [-0.3, -0.25) is 4.90 Å². The lowest BCUT2D eigenvalue weighted by molar-refractivity contribution is -0.139. The maximum Gasteiger partial charge on any atom is 0.410 e. The summed E-state index contributed by atoms with van der Waals surface area (Å²) < 4.78 is 16.9. The van der Waals surface area contributed by atoms with Gasteiger partial charge in [-0.1, -0.05) is 87.1 Å². The Hall–Kier alpha value is -4.32. The molecule has 12 nitrogen and oxygen atoms in total. The van der Waals surface area contributed by atoms with Crippen LogP contribution in [-0.4, -0.2) is 114 Å². The van der Waals surface area contributed by atoms with Crippen molar-refractivity contribution in [3.63, 3.8) is 0 Å². The van der Waals surface area contributed by atoms with Gasteiger partial charge in [-0.15, -0.1) is 0 Å². The lowest BCUT2D eigenvalue weighted by atomic mass is 9.98. The number of alkyl carbamates (subject to hydrolysis) is 1. The van der Waals surface area contributed by atoms with E-state index in [-0.39, 0.29) is 24.7 Å². The molecule has 0 saturated carbocycles. The molecular formula is C42H62N4O8. The number of carboxylic acids is 1. The summed E-state index contributed by atoms with van der Waals surface area (Å²) in [5, 5.41) is 12.3. The zero-order chi connectivity index (χ0) is 39.3. The number of aliphatic carboxylic acids is 1. The number of ether oxygens (including phenoxy) is 3. The van der Waals surface area contributed by atoms with Crippen molar-refractivity contribution in [2.45, 2.75) is 116 Å². The Bertz CT molecular complexity index is 1470. The van der Waals surface area contributed by atoms with Crippen LogP contribution in [0.3, 0.4) is 0 Å². The topological polar surface area (TPSA) is 138 Å². The second-order valence-electron chi connectivity index (χ2n) is 16.4. The first-order valence-electron chi connectivity index (χ1n) is 19.6. The van der Waals surface area contributed by atoms with E-state index in [0.29, 0.717) is 52.1 Å². The van der Waals surface area contributed by atoms with Crippen LogP contribution < -0.4 is 5.32 Å². The van der Waals surface area contributed by atoms with Crippen LogP contribution in [0.2, 0.25) is 0 Å². The first-order valence-corrected chi connectivity index (χ1v) is 19.6. The highest BCUT2D eigenvalue weighted by molar-refractivity contribution is 5.81. The second kappa shape index (κ2) is 19.8. The summed E-state index contributed by atoms with van der Waals surface area (Å²) in [6.45, 7) is 15.2. The number of amides is 3. The van der Waals surface area contributed by atoms with E-state index in [2.05, 4.69) is 22.3 Å². The van der Waals surface area contributed by atoms with Crippen LogP contribution in [0.15, 0.2) is 48.5 Å². The highest BCUT2D eigenvalue weighted by Crippen LogP contribution is 2.44. The fraction of sp³-hybridized carbons (Fsp3) is 0.619. The molecule has 2 aromatic carbocycles. The van der Waals surface area contributed by atoms with E-state index in [4.69, 9.17) is 14.2 Å². The van der Waals surface area contributed by atoms with Crippen LogP contribution in [-0.2, 0) is 19.0 Å². The predicted molar refractivity (Wildman–Crippen MR) is 209 cm³/mol. The molecule has 2 aliphatic rings. The number of hydrogen-bond acceptors (Lipinski definition) is 8. The van der Waals surface area contributed by atoms with Gasteiger partial charge in [0.1, 0.15) is 23.9 Å². The van der Waals surface area contributed by atoms with Gasteiger partial charge in [-0.05, 0) is 83.2 Å². The number of rotatable bonds is 14. The molecule has 0 radical (unpaired) electrons. The second-order valence-corrected chi connectivity index (χ2v) is 16.4. The van der Waals surface area contributed by atoms with E-state index < -0.39 is 29.3 Å². The summed E-state index contributed by atoms with van der Waals surface area (Å²) in [4.78, 5) is 56.2. The highest BCUT2D eigenvalue weighted by atomic mass is 16.6. The van der Waals surface area contributed by atoms with Crippen LogP contribution in [0.25, 0.3) is 11.1 Å². The van der Waals surface area contributed by atoms with Crippen molar-refractivity contribution in [1.82, 2.24) is 20.0 Å². The molecule has 0 spiro atoms. The summed E-state index contributed by atoms with van der Waals surface area (Å²) in [7, 11) is 0. The van der Waals surface area contributed by atoms with Crippen molar-refractivity contribution in [3.8, 4) is 11.1 Å². The van der Waals surface area contributed by atoms with E-state index >= 15 is 0 Å². The summed E-state index contributed by atoms with van der Waals surface area (Å²) >= 11 is 0. The Morgan fingerprint density at radius 2 is 1.13 bits per heavy atom. The molecule has 1 heterocycles. The Morgan fingerprint density at radius 3 is 1.61 bits per heavy atom. The largest absolute Gasteiger partial charge is 0.480 e. The van der Waals surface area contributed by atoms with Crippen molar-refractivity contribution in [3.05, 3.63) is 59.7 Å². The minimum atomic E-state index is -1.06. The normalized spacial score (nSPS) is 16.0. The summed E-state index contributed by atoms with van der Waals surface area (Å²) in [6, 6.07) is 15.2. The lowest BCUT2D eigenvalue weighted by Crippen LogP contribution is -2.44. The number of carbonyl (C=O) groups is 4. The molecule has 1 aliphatic heterocycles. The summed E-state index contributed by atoms with van der Waals surface area (Å²) in [5.74, 6) is -1.15. The average molecular weight is 751 g/mol. The van der Waals surface area contributed by atoms with Crippen LogP contribution in [0.5, 0.6) is 0 Å². The van der Waals surface area contributed by atoms with E-state index in [0.717, 1.165) is 67.3 Å². The maximum absolute atomic E-state index is 13.0. The monoisotopic (exact) mass is 750 g/mol. The predicted octanol–water partition coefficient (Wildman–Crippen LogP) is 7.89. The van der Waals surface area contributed by atoms with Crippen LogP contribution in [0, 0.1) is 0 Å². The van der Waals surface area contributed by atoms with Crippen molar-refractivity contribution in [2.24, 2.45) is 0 Å². The molecule has 1 atom stereocenters. The highest BCUT2D eigenvalue weighted by Gasteiger charge is 2.31. The van der Waals surface area contributed by atoms with Gasteiger partial charge in [-0.25, -0.2) is 19.2 Å². The zero-order valence-corrected chi connectivity index (χ0v) is 33.2. The fourth-order valence-corrected chi connectivity index (χ4v) is 6.95. The minimum Gasteiger partial charge on any atom is -0.480 e. The van der Waals surface area contributed by atoms with E-state index in [9.17, 15) is 24.3 Å². The number of nitrogens with zero attached hydrogens (tertiary/aromatic N) is 3. The molecule has 4 rings (SSSR count). The number of benzene rings is 2. The number of nitrogens with one attached hydrogen (secondary N) is 1. The Labute approximate surface area is 321 Å². The van der Waals surface area contributed by atoms with Crippen molar-refractivity contribution in [2.75, 3.05) is 52.4 Å². The van der Waals surface area contributed by atoms with Gasteiger partial charge in [0.25, 0.3) is 0 Å².